The van der Waals surface area contributed by atoms with Crippen molar-refractivity contribution in [1.82, 2.24) is 4.31 Å². The SMILES string of the molecule is CCN(CC)S(=O)(=O)c1cc(F)c2c(c1)CC(CN)O2. The van der Waals surface area contributed by atoms with E-state index in [9.17, 15) is 12.8 Å². The van der Waals surface area contributed by atoms with Gasteiger partial charge in [-0.2, -0.15) is 4.31 Å². The maximum atomic E-state index is 14.0. The fourth-order valence-electron chi connectivity index (χ4n) is 2.35. The van der Waals surface area contributed by atoms with Crippen molar-refractivity contribution in [3.05, 3.63) is 23.5 Å². The smallest absolute Gasteiger partial charge is 0.243 e. The molecule has 0 aliphatic carbocycles. The van der Waals surface area contributed by atoms with E-state index in [1.54, 1.807) is 13.8 Å². The average molecular weight is 302 g/mol. The molecule has 20 heavy (non-hydrogen) atoms. The summed E-state index contributed by atoms with van der Waals surface area (Å²) in [5, 5.41) is 0. The fraction of sp³-hybridized carbons (Fsp3) is 0.538. The molecule has 0 saturated carbocycles. The van der Waals surface area contributed by atoms with E-state index < -0.39 is 15.8 Å². The third-order valence-corrected chi connectivity index (χ3v) is 5.46. The van der Waals surface area contributed by atoms with Crippen molar-refractivity contribution in [1.29, 1.82) is 0 Å². The second-order valence-electron chi connectivity index (χ2n) is 4.66. The molecule has 1 aromatic carbocycles. The number of benzene rings is 1. The molecule has 1 aliphatic heterocycles. The summed E-state index contributed by atoms with van der Waals surface area (Å²) < 4.78 is 45.5. The summed E-state index contributed by atoms with van der Waals surface area (Å²) in [5.41, 5.74) is 6.07. The van der Waals surface area contributed by atoms with Crippen LogP contribution in [0.25, 0.3) is 0 Å². The van der Waals surface area contributed by atoms with Gasteiger partial charge in [0, 0.05) is 31.6 Å². The van der Waals surface area contributed by atoms with E-state index in [4.69, 9.17) is 10.5 Å². The zero-order valence-corrected chi connectivity index (χ0v) is 12.4. The molecule has 1 aromatic rings. The van der Waals surface area contributed by atoms with Gasteiger partial charge in [0.1, 0.15) is 6.10 Å². The highest BCUT2D eigenvalue weighted by atomic mass is 32.2. The van der Waals surface area contributed by atoms with Crippen LogP contribution in [-0.4, -0.2) is 38.5 Å². The first-order valence-electron chi connectivity index (χ1n) is 6.63. The van der Waals surface area contributed by atoms with Crippen LogP contribution in [0.5, 0.6) is 5.75 Å². The van der Waals surface area contributed by atoms with E-state index in [0.29, 0.717) is 25.1 Å². The molecule has 0 spiro atoms. The highest BCUT2D eigenvalue weighted by molar-refractivity contribution is 7.89. The first-order chi connectivity index (χ1) is 9.43. The summed E-state index contributed by atoms with van der Waals surface area (Å²) in [6, 6.07) is 2.51. The minimum atomic E-state index is -3.66. The molecule has 5 nitrogen and oxygen atoms in total. The largest absolute Gasteiger partial charge is 0.485 e. The number of halogens is 1. The van der Waals surface area contributed by atoms with Gasteiger partial charge in [0.05, 0.1) is 4.90 Å². The molecule has 0 bridgehead atoms. The van der Waals surface area contributed by atoms with Gasteiger partial charge in [-0.25, -0.2) is 12.8 Å². The summed E-state index contributed by atoms with van der Waals surface area (Å²) in [4.78, 5) is -0.0290. The van der Waals surface area contributed by atoms with E-state index in [-0.39, 0.29) is 23.3 Å². The Morgan fingerprint density at radius 3 is 2.60 bits per heavy atom. The Balaban J connectivity index is 2.44. The molecule has 1 heterocycles. The fourth-order valence-corrected chi connectivity index (χ4v) is 3.87. The molecular formula is C13H19FN2O3S. The van der Waals surface area contributed by atoms with Crippen LogP contribution in [-0.2, 0) is 16.4 Å². The van der Waals surface area contributed by atoms with Crippen LogP contribution >= 0.6 is 0 Å². The summed E-state index contributed by atoms with van der Waals surface area (Å²) in [6.45, 7) is 4.46. The Labute approximate surface area is 118 Å². The molecule has 7 heteroatoms. The molecule has 0 saturated heterocycles. The first kappa shape index (κ1) is 15.2. The molecule has 1 atom stereocenters. The lowest BCUT2D eigenvalue weighted by atomic mass is 10.1. The van der Waals surface area contributed by atoms with E-state index in [1.807, 2.05) is 0 Å². The highest BCUT2D eigenvalue weighted by Crippen LogP contribution is 2.34. The zero-order valence-electron chi connectivity index (χ0n) is 11.6. The number of ether oxygens (including phenoxy) is 1. The van der Waals surface area contributed by atoms with Crippen LogP contribution < -0.4 is 10.5 Å². The number of hydrogen-bond donors (Lipinski definition) is 1. The lowest BCUT2D eigenvalue weighted by Gasteiger charge is -2.18. The van der Waals surface area contributed by atoms with Gasteiger partial charge in [0.25, 0.3) is 0 Å². The molecule has 0 fully saturated rings. The standard InChI is InChI=1S/C13H19FN2O3S/c1-3-16(4-2)20(17,18)11-6-9-5-10(8-15)19-13(9)12(14)7-11/h6-7,10H,3-5,8,15H2,1-2H3. The van der Waals surface area contributed by atoms with Crippen LogP contribution in [0.1, 0.15) is 19.4 Å². The molecule has 0 radical (unpaired) electrons. The van der Waals surface area contributed by atoms with Gasteiger partial charge >= 0.3 is 0 Å². The third kappa shape index (κ3) is 2.53. The van der Waals surface area contributed by atoms with E-state index in [1.165, 1.54) is 10.4 Å². The van der Waals surface area contributed by atoms with Gasteiger partial charge < -0.3 is 10.5 Å². The third-order valence-electron chi connectivity index (χ3n) is 3.43. The topological polar surface area (TPSA) is 72.6 Å². The first-order valence-corrected chi connectivity index (χ1v) is 8.07. The Bertz CT molecular complexity index is 600. The summed E-state index contributed by atoms with van der Waals surface area (Å²) in [6.07, 6.45) is 0.149. The Kier molecular flexibility index (Phi) is 4.31. The number of sulfonamides is 1. The van der Waals surface area contributed by atoms with Gasteiger partial charge in [0.2, 0.25) is 10.0 Å². The molecule has 2 rings (SSSR count). The maximum Gasteiger partial charge on any atom is 0.243 e. The van der Waals surface area contributed by atoms with Crippen molar-refractivity contribution in [3.8, 4) is 5.75 Å². The average Bonchev–Trinajstić information content (AvgIpc) is 2.83. The number of rotatable bonds is 5. The molecule has 112 valence electrons. The quantitative estimate of drug-likeness (QED) is 0.884. The Morgan fingerprint density at radius 1 is 1.40 bits per heavy atom. The number of nitrogens with two attached hydrogens (primary N) is 1. The molecular weight excluding hydrogens is 283 g/mol. The second-order valence-corrected chi connectivity index (χ2v) is 6.60. The minimum Gasteiger partial charge on any atom is -0.485 e. The van der Waals surface area contributed by atoms with Crippen molar-refractivity contribution in [2.45, 2.75) is 31.3 Å². The zero-order chi connectivity index (χ0) is 14.9. The Morgan fingerprint density at radius 2 is 2.05 bits per heavy atom. The molecule has 0 amide bonds. The summed E-state index contributed by atoms with van der Waals surface area (Å²) >= 11 is 0. The summed E-state index contributed by atoms with van der Waals surface area (Å²) in [7, 11) is -3.66. The summed E-state index contributed by atoms with van der Waals surface area (Å²) in [5.74, 6) is -0.525. The van der Waals surface area contributed by atoms with Crippen LogP contribution in [0.15, 0.2) is 17.0 Å². The van der Waals surface area contributed by atoms with Crippen molar-refractivity contribution in [3.63, 3.8) is 0 Å². The Hall–Kier alpha value is -1.18. The van der Waals surface area contributed by atoms with Crippen LogP contribution in [0, 0.1) is 5.82 Å². The number of hydrogen-bond acceptors (Lipinski definition) is 4. The lowest BCUT2D eigenvalue weighted by molar-refractivity contribution is 0.232. The minimum absolute atomic E-state index is 0.0290. The predicted molar refractivity (Wildman–Crippen MR) is 73.7 cm³/mol. The molecule has 2 N–H and O–H groups in total. The predicted octanol–water partition coefficient (Wildman–Crippen LogP) is 1.12. The van der Waals surface area contributed by atoms with E-state index in [0.717, 1.165) is 6.07 Å². The second kappa shape index (κ2) is 5.67. The van der Waals surface area contributed by atoms with Crippen LogP contribution in [0.3, 0.4) is 0 Å². The molecule has 1 aliphatic rings. The van der Waals surface area contributed by atoms with Crippen molar-refractivity contribution < 1.29 is 17.5 Å². The van der Waals surface area contributed by atoms with Crippen LogP contribution in [0.4, 0.5) is 4.39 Å². The van der Waals surface area contributed by atoms with Crippen molar-refractivity contribution in [2.75, 3.05) is 19.6 Å². The van der Waals surface area contributed by atoms with E-state index >= 15 is 0 Å². The molecule has 0 aromatic heterocycles. The molecule has 1 unspecified atom stereocenters. The number of fused-ring (bicyclic) bond motifs is 1. The van der Waals surface area contributed by atoms with Gasteiger partial charge in [0.15, 0.2) is 11.6 Å². The normalized spacial score (nSPS) is 18.1. The van der Waals surface area contributed by atoms with Gasteiger partial charge in [-0.05, 0) is 12.1 Å². The monoisotopic (exact) mass is 302 g/mol. The van der Waals surface area contributed by atoms with Crippen LogP contribution in [0.2, 0.25) is 0 Å². The van der Waals surface area contributed by atoms with Gasteiger partial charge in [-0.1, -0.05) is 13.8 Å². The maximum absolute atomic E-state index is 14.0. The lowest BCUT2D eigenvalue weighted by Crippen LogP contribution is -2.30. The van der Waals surface area contributed by atoms with Gasteiger partial charge in [-0.3, -0.25) is 0 Å². The van der Waals surface area contributed by atoms with E-state index in [2.05, 4.69) is 0 Å². The number of nitrogens with zero attached hydrogens (tertiary/aromatic N) is 1. The highest BCUT2D eigenvalue weighted by Gasteiger charge is 2.30. The van der Waals surface area contributed by atoms with Crippen molar-refractivity contribution >= 4 is 10.0 Å². The van der Waals surface area contributed by atoms with Crippen molar-refractivity contribution in [2.24, 2.45) is 5.73 Å². The van der Waals surface area contributed by atoms with Gasteiger partial charge in [-0.15, -0.1) is 0 Å².